The van der Waals surface area contributed by atoms with Crippen LogP contribution in [0.5, 0.6) is 11.5 Å². The molecule has 2 atom stereocenters. The molecule has 0 aromatic heterocycles. The summed E-state index contributed by atoms with van der Waals surface area (Å²) in [4.78, 5) is 0. The summed E-state index contributed by atoms with van der Waals surface area (Å²) in [5.74, 6) is 1.42. The molecule has 5 heteroatoms. The number of hydrogen-bond acceptors (Lipinski definition) is 5. The molecule has 2 rings (SSSR count). The van der Waals surface area contributed by atoms with E-state index in [2.05, 4.69) is 5.32 Å². The van der Waals surface area contributed by atoms with Gasteiger partial charge in [0.05, 0.1) is 0 Å². The molecule has 0 bridgehead atoms. The van der Waals surface area contributed by atoms with Crippen LogP contribution in [-0.2, 0) is 4.74 Å². The zero-order valence-electron chi connectivity index (χ0n) is 12.8. The Bertz CT molecular complexity index is 436. The van der Waals surface area contributed by atoms with E-state index in [4.69, 9.17) is 14.2 Å². The van der Waals surface area contributed by atoms with Gasteiger partial charge in [-0.2, -0.15) is 0 Å². The molecule has 21 heavy (non-hydrogen) atoms. The van der Waals surface area contributed by atoms with Crippen LogP contribution in [0.2, 0.25) is 0 Å². The summed E-state index contributed by atoms with van der Waals surface area (Å²) in [6.45, 7) is 4.22. The number of hydrogen-bond donors (Lipinski definition) is 2. The van der Waals surface area contributed by atoms with E-state index in [-0.39, 0.29) is 6.10 Å². The minimum Gasteiger partial charge on any atom is -0.486 e. The zero-order valence-corrected chi connectivity index (χ0v) is 12.8. The number of methoxy groups -OCH3 is 1. The Balaban J connectivity index is 1.78. The van der Waals surface area contributed by atoms with Gasteiger partial charge < -0.3 is 24.6 Å². The molecule has 1 aliphatic heterocycles. The molecule has 0 saturated heterocycles. The summed E-state index contributed by atoms with van der Waals surface area (Å²) in [5.41, 5.74) is -0.977. The fourth-order valence-electron chi connectivity index (χ4n) is 2.28. The molecule has 0 fully saturated rings. The molecule has 118 valence electrons. The van der Waals surface area contributed by atoms with Crippen molar-refractivity contribution in [3.8, 4) is 11.5 Å². The van der Waals surface area contributed by atoms with Gasteiger partial charge in [-0.1, -0.05) is 12.1 Å². The average molecular weight is 295 g/mol. The molecule has 0 amide bonds. The van der Waals surface area contributed by atoms with Crippen molar-refractivity contribution in [2.75, 3.05) is 33.4 Å². The van der Waals surface area contributed by atoms with Gasteiger partial charge in [-0.05, 0) is 38.4 Å². The molecule has 0 radical (unpaired) electrons. The third kappa shape index (κ3) is 4.59. The number of para-hydroxylation sites is 2. The monoisotopic (exact) mass is 295 g/mol. The first-order valence-corrected chi connectivity index (χ1v) is 7.44. The zero-order chi connectivity index (χ0) is 15.1. The Morgan fingerprint density at radius 1 is 1.33 bits per heavy atom. The second kappa shape index (κ2) is 7.64. The number of benzene rings is 1. The molecule has 1 aliphatic rings. The van der Waals surface area contributed by atoms with Crippen molar-refractivity contribution >= 4 is 0 Å². The Kier molecular flexibility index (Phi) is 5.85. The van der Waals surface area contributed by atoms with Crippen LogP contribution < -0.4 is 14.8 Å². The van der Waals surface area contributed by atoms with E-state index in [0.717, 1.165) is 31.7 Å². The summed E-state index contributed by atoms with van der Waals surface area (Å²) >= 11 is 0. The van der Waals surface area contributed by atoms with E-state index in [9.17, 15) is 5.11 Å². The number of nitrogens with one attached hydrogen (secondary N) is 1. The number of ether oxygens (including phenoxy) is 3. The van der Waals surface area contributed by atoms with Crippen LogP contribution in [0.25, 0.3) is 0 Å². The number of unbranched alkanes of at least 4 members (excludes halogenated alkanes) is 1. The maximum Gasteiger partial charge on any atom is 0.162 e. The molecule has 0 aliphatic carbocycles. The number of aliphatic hydroxyl groups is 1. The second-order valence-electron chi connectivity index (χ2n) is 5.60. The molecule has 2 unspecified atom stereocenters. The van der Waals surface area contributed by atoms with E-state index >= 15 is 0 Å². The Morgan fingerprint density at radius 3 is 2.86 bits per heavy atom. The van der Waals surface area contributed by atoms with Gasteiger partial charge in [0.1, 0.15) is 12.2 Å². The molecule has 0 saturated carbocycles. The van der Waals surface area contributed by atoms with E-state index in [1.54, 1.807) is 14.0 Å². The van der Waals surface area contributed by atoms with Crippen molar-refractivity contribution in [1.82, 2.24) is 5.32 Å². The smallest absolute Gasteiger partial charge is 0.162 e. The van der Waals surface area contributed by atoms with Gasteiger partial charge >= 0.3 is 0 Å². The van der Waals surface area contributed by atoms with Crippen molar-refractivity contribution in [1.29, 1.82) is 0 Å². The molecule has 0 spiro atoms. The maximum atomic E-state index is 10.6. The predicted molar refractivity (Wildman–Crippen MR) is 81.0 cm³/mol. The van der Waals surface area contributed by atoms with E-state index in [0.29, 0.717) is 18.9 Å². The minimum atomic E-state index is -0.977. The van der Waals surface area contributed by atoms with Gasteiger partial charge in [0.2, 0.25) is 0 Å². The van der Waals surface area contributed by atoms with Crippen molar-refractivity contribution in [3.05, 3.63) is 24.3 Å². The highest BCUT2D eigenvalue weighted by molar-refractivity contribution is 5.41. The van der Waals surface area contributed by atoms with Crippen molar-refractivity contribution in [2.24, 2.45) is 0 Å². The summed E-state index contributed by atoms with van der Waals surface area (Å²) in [7, 11) is 1.70. The van der Waals surface area contributed by atoms with Gasteiger partial charge in [-0.3, -0.25) is 0 Å². The Hall–Kier alpha value is -1.30. The van der Waals surface area contributed by atoms with Crippen LogP contribution in [-0.4, -0.2) is 50.2 Å². The number of rotatable bonds is 8. The molecular formula is C16H25NO4. The lowest BCUT2D eigenvalue weighted by molar-refractivity contribution is -0.0754. The Labute approximate surface area is 126 Å². The van der Waals surface area contributed by atoms with Gasteiger partial charge in [-0.15, -0.1) is 0 Å². The largest absolute Gasteiger partial charge is 0.486 e. The normalized spacial score (nSPS) is 20.0. The highest BCUT2D eigenvalue weighted by atomic mass is 16.6. The highest BCUT2D eigenvalue weighted by Crippen LogP contribution is 2.33. The summed E-state index contributed by atoms with van der Waals surface area (Å²) in [5, 5.41) is 13.8. The van der Waals surface area contributed by atoms with Crippen LogP contribution in [0.3, 0.4) is 0 Å². The first-order valence-electron chi connectivity index (χ1n) is 7.44. The first-order chi connectivity index (χ1) is 10.1. The Morgan fingerprint density at radius 2 is 2.10 bits per heavy atom. The van der Waals surface area contributed by atoms with E-state index in [1.807, 2.05) is 24.3 Å². The molecule has 1 aromatic carbocycles. The fourth-order valence-corrected chi connectivity index (χ4v) is 2.28. The quantitative estimate of drug-likeness (QED) is 0.713. The molecule has 1 heterocycles. The minimum absolute atomic E-state index is 0.357. The van der Waals surface area contributed by atoms with Gasteiger partial charge in [0.25, 0.3) is 0 Å². The number of fused-ring (bicyclic) bond motifs is 1. The van der Waals surface area contributed by atoms with Gasteiger partial charge in [0.15, 0.2) is 17.6 Å². The van der Waals surface area contributed by atoms with Crippen LogP contribution in [0.15, 0.2) is 24.3 Å². The topological polar surface area (TPSA) is 60.0 Å². The lowest BCUT2D eigenvalue weighted by atomic mass is 9.98. The molecule has 2 N–H and O–H groups in total. The van der Waals surface area contributed by atoms with Crippen molar-refractivity contribution < 1.29 is 19.3 Å². The van der Waals surface area contributed by atoms with Gasteiger partial charge in [0, 0.05) is 20.3 Å². The van der Waals surface area contributed by atoms with Crippen LogP contribution in [0, 0.1) is 0 Å². The predicted octanol–water partition coefficient (Wildman–Crippen LogP) is 1.59. The maximum absolute atomic E-state index is 10.6. The van der Waals surface area contributed by atoms with Gasteiger partial charge in [-0.25, -0.2) is 0 Å². The SMILES string of the molecule is COCCCCNCC(C)(O)C1COc2ccccc2O1. The van der Waals surface area contributed by atoms with Crippen LogP contribution >= 0.6 is 0 Å². The van der Waals surface area contributed by atoms with Crippen LogP contribution in [0.1, 0.15) is 19.8 Å². The van der Waals surface area contributed by atoms with Crippen molar-refractivity contribution in [3.63, 3.8) is 0 Å². The molecular weight excluding hydrogens is 270 g/mol. The second-order valence-corrected chi connectivity index (χ2v) is 5.60. The fraction of sp³-hybridized carbons (Fsp3) is 0.625. The third-order valence-corrected chi connectivity index (χ3v) is 3.64. The summed E-state index contributed by atoms with van der Waals surface area (Å²) in [6, 6.07) is 7.53. The van der Waals surface area contributed by atoms with E-state index in [1.165, 1.54) is 0 Å². The summed E-state index contributed by atoms with van der Waals surface area (Å²) in [6.07, 6.45) is 1.66. The lowest BCUT2D eigenvalue weighted by Gasteiger charge is -2.36. The van der Waals surface area contributed by atoms with E-state index < -0.39 is 5.60 Å². The standard InChI is InChI=1S/C16H25NO4/c1-16(18,12-17-9-5-6-10-19-2)15-11-20-13-7-3-4-8-14(13)21-15/h3-4,7-8,15,17-18H,5-6,9-12H2,1-2H3. The third-order valence-electron chi connectivity index (χ3n) is 3.64. The molecule has 1 aromatic rings. The highest BCUT2D eigenvalue weighted by Gasteiger charge is 2.37. The van der Waals surface area contributed by atoms with Crippen molar-refractivity contribution in [2.45, 2.75) is 31.5 Å². The first kappa shape index (κ1) is 16.1. The summed E-state index contributed by atoms with van der Waals surface area (Å²) < 4.78 is 16.5. The van der Waals surface area contributed by atoms with Crippen LogP contribution in [0.4, 0.5) is 0 Å². The molecule has 5 nitrogen and oxygen atoms in total. The lowest BCUT2D eigenvalue weighted by Crippen LogP contribution is -2.54. The average Bonchev–Trinajstić information content (AvgIpc) is 2.50.